The van der Waals surface area contributed by atoms with Gasteiger partial charge in [-0.25, -0.2) is 4.68 Å². The van der Waals surface area contributed by atoms with Gasteiger partial charge in [-0.2, -0.15) is 0 Å². The molecule has 1 aromatic rings. The lowest BCUT2D eigenvalue weighted by molar-refractivity contribution is -0.310. The Bertz CT molecular complexity index is 1530. The monoisotopic (exact) mass is 759 g/mol. The maximum atomic E-state index is 12.2. The topological polar surface area (TPSA) is 269 Å². The number of esters is 8. The van der Waals surface area contributed by atoms with Crippen LogP contribution in [-0.2, 0) is 97.1 Å². The molecule has 0 unspecified atom stereocenters. The molecule has 0 spiro atoms. The number of carbonyl (C=O) groups excluding carboxylic acids is 8. The van der Waals surface area contributed by atoms with Crippen molar-refractivity contribution < 1.29 is 90.5 Å². The predicted molar refractivity (Wildman–Crippen MR) is 164 cm³/mol. The molecular formula is C31H41N3O19. The average Bonchev–Trinajstić information content (AvgIpc) is 3.50. The molecule has 0 aliphatic carbocycles. The Balaban J connectivity index is 1.97. The van der Waals surface area contributed by atoms with Crippen LogP contribution in [-0.4, -0.2) is 131 Å². The molecule has 1 aromatic heterocycles. The Labute approximate surface area is 301 Å². The molecule has 3 rings (SSSR count). The highest BCUT2D eigenvalue weighted by Gasteiger charge is 2.54. The van der Waals surface area contributed by atoms with Gasteiger partial charge >= 0.3 is 47.8 Å². The third-order valence-electron chi connectivity index (χ3n) is 7.13. The van der Waals surface area contributed by atoms with Crippen LogP contribution in [0, 0.1) is 0 Å². The number of nitrogens with zero attached hydrogens (tertiary/aromatic N) is 3. The summed E-state index contributed by atoms with van der Waals surface area (Å²) in [6.07, 6.45) is -13.1. The van der Waals surface area contributed by atoms with E-state index in [1.54, 1.807) is 0 Å². The normalized spacial score (nSPS) is 28.0. The highest BCUT2D eigenvalue weighted by molar-refractivity contribution is 5.70. The molecule has 3 heterocycles. The van der Waals surface area contributed by atoms with Gasteiger partial charge in [0.2, 0.25) is 0 Å². The fourth-order valence-corrected chi connectivity index (χ4v) is 5.41. The van der Waals surface area contributed by atoms with E-state index in [2.05, 4.69) is 10.3 Å². The summed E-state index contributed by atoms with van der Waals surface area (Å²) in [6, 6.07) is 0. The van der Waals surface area contributed by atoms with Crippen molar-refractivity contribution in [2.24, 2.45) is 0 Å². The van der Waals surface area contributed by atoms with Gasteiger partial charge in [0.1, 0.15) is 31.1 Å². The van der Waals surface area contributed by atoms with Gasteiger partial charge in [-0.15, -0.1) is 5.10 Å². The van der Waals surface area contributed by atoms with E-state index in [-0.39, 0.29) is 5.69 Å². The molecule has 2 fully saturated rings. The summed E-state index contributed by atoms with van der Waals surface area (Å²) in [5.41, 5.74) is 0.0470. The molecule has 0 N–H and O–H groups in total. The summed E-state index contributed by atoms with van der Waals surface area (Å²) in [4.78, 5) is 96.0. The standard InChI is InChI=1S/C31H41N3O19/c1-13(35)43-11-22-24(46-15(3)37)26(48-17(5)39)28(50-19(7)41)30(52-22)34-9-21(32-33-34)10-45-31-29(51-20(8)42)27(49-18(6)40)25(47-16(4)38)23(53-31)12-44-14(2)36/h9,22-31H,10-12H2,1-8H3/t22-,23-,24-,25-,26+,27+,28-,29-,30-,31-/m1/s1. The highest BCUT2D eigenvalue weighted by Crippen LogP contribution is 2.35. The predicted octanol–water partition coefficient (Wildman–Crippen LogP) is -0.867. The number of rotatable bonds is 14. The van der Waals surface area contributed by atoms with E-state index >= 15 is 0 Å². The quantitative estimate of drug-likeness (QED) is 0.165. The third-order valence-corrected chi connectivity index (χ3v) is 7.13. The summed E-state index contributed by atoms with van der Waals surface area (Å²) >= 11 is 0. The average molecular weight is 760 g/mol. The Morgan fingerprint density at radius 1 is 0.547 bits per heavy atom. The lowest BCUT2D eigenvalue weighted by Gasteiger charge is -2.44. The van der Waals surface area contributed by atoms with Crippen LogP contribution >= 0.6 is 0 Å². The van der Waals surface area contributed by atoms with E-state index in [0.29, 0.717) is 0 Å². The van der Waals surface area contributed by atoms with Crippen LogP contribution in [0.5, 0.6) is 0 Å². The first-order valence-electron chi connectivity index (χ1n) is 16.0. The van der Waals surface area contributed by atoms with Crippen LogP contribution in [0.2, 0.25) is 0 Å². The fraction of sp³-hybridized carbons (Fsp3) is 0.677. The van der Waals surface area contributed by atoms with Crippen LogP contribution < -0.4 is 0 Å². The first-order chi connectivity index (χ1) is 24.9. The molecule has 53 heavy (non-hydrogen) atoms. The molecule has 10 atom stereocenters. The van der Waals surface area contributed by atoms with Gasteiger partial charge < -0.3 is 52.1 Å². The molecule has 0 radical (unpaired) electrons. The number of hydrogen-bond donors (Lipinski definition) is 0. The van der Waals surface area contributed by atoms with Crippen molar-refractivity contribution in [3.05, 3.63) is 11.9 Å². The minimum absolute atomic E-state index is 0.0470. The molecule has 22 heteroatoms. The van der Waals surface area contributed by atoms with Gasteiger partial charge in [0.25, 0.3) is 0 Å². The van der Waals surface area contributed by atoms with Crippen molar-refractivity contribution in [2.75, 3.05) is 13.2 Å². The maximum absolute atomic E-state index is 12.2. The van der Waals surface area contributed by atoms with Crippen LogP contribution in [0.15, 0.2) is 6.20 Å². The van der Waals surface area contributed by atoms with Crippen molar-refractivity contribution in [2.45, 2.75) is 123 Å². The minimum atomic E-state index is -1.55. The summed E-state index contributed by atoms with van der Waals surface area (Å²) in [7, 11) is 0. The number of hydrogen-bond acceptors (Lipinski definition) is 21. The third kappa shape index (κ3) is 12.5. The van der Waals surface area contributed by atoms with Gasteiger partial charge in [-0.3, -0.25) is 38.4 Å². The molecule has 0 amide bonds. The van der Waals surface area contributed by atoms with Gasteiger partial charge in [0.15, 0.2) is 49.1 Å². The van der Waals surface area contributed by atoms with Gasteiger partial charge in [0, 0.05) is 55.4 Å². The van der Waals surface area contributed by atoms with Gasteiger partial charge in [-0.05, 0) is 0 Å². The second-order valence-electron chi connectivity index (χ2n) is 11.7. The Hall–Kier alpha value is -5.22. The molecule has 2 saturated heterocycles. The first kappa shape index (κ1) is 42.2. The Morgan fingerprint density at radius 3 is 1.40 bits per heavy atom. The van der Waals surface area contributed by atoms with Crippen molar-refractivity contribution in [3.63, 3.8) is 0 Å². The van der Waals surface area contributed by atoms with Gasteiger partial charge in [0.05, 0.1) is 12.8 Å². The van der Waals surface area contributed by atoms with Crippen LogP contribution in [0.3, 0.4) is 0 Å². The Kier molecular flexibility index (Phi) is 15.1. The Morgan fingerprint density at radius 2 is 0.943 bits per heavy atom. The van der Waals surface area contributed by atoms with Crippen LogP contribution in [0.4, 0.5) is 0 Å². The van der Waals surface area contributed by atoms with Gasteiger partial charge in [-0.1, -0.05) is 5.21 Å². The fourth-order valence-electron chi connectivity index (χ4n) is 5.41. The van der Waals surface area contributed by atoms with E-state index in [1.165, 1.54) is 6.20 Å². The second-order valence-corrected chi connectivity index (χ2v) is 11.7. The summed E-state index contributed by atoms with van der Waals surface area (Å²) in [5, 5.41) is 8.05. The molecule has 294 valence electrons. The summed E-state index contributed by atoms with van der Waals surface area (Å²) < 4.78 is 61.5. The van der Waals surface area contributed by atoms with Crippen LogP contribution in [0.1, 0.15) is 67.3 Å². The number of carbonyl (C=O) groups is 8. The molecule has 0 bridgehead atoms. The molecule has 0 saturated carbocycles. The van der Waals surface area contributed by atoms with E-state index in [9.17, 15) is 38.4 Å². The molecule has 2 aliphatic heterocycles. The smallest absolute Gasteiger partial charge is 0.303 e. The molecule has 0 aromatic carbocycles. The van der Waals surface area contributed by atoms with Crippen LogP contribution in [0.25, 0.3) is 0 Å². The SMILES string of the molecule is CC(=O)OC[C@H]1O[C@@H](n2cc(CO[C@@H]3O[C@H](COC(C)=O)[C@@H](OC(C)=O)[C@H](OC(C)=O)[C@H]3OC(C)=O)nn2)[C@H](OC(C)=O)[C@@H](OC(C)=O)[C@@H]1OC(C)=O. The first-order valence-corrected chi connectivity index (χ1v) is 16.0. The number of ether oxygens (including phenoxy) is 11. The minimum Gasteiger partial charge on any atom is -0.463 e. The van der Waals surface area contributed by atoms with E-state index in [1.807, 2.05) is 0 Å². The van der Waals surface area contributed by atoms with E-state index in [4.69, 9.17) is 52.1 Å². The zero-order chi connectivity index (χ0) is 39.6. The largest absolute Gasteiger partial charge is 0.463 e. The molecule has 2 aliphatic rings. The van der Waals surface area contributed by atoms with Crippen molar-refractivity contribution in [1.29, 1.82) is 0 Å². The van der Waals surface area contributed by atoms with Crippen molar-refractivity contribution in [3.8, 4) is 0 Å². The molecular weight excluding hydrogens is 718 g/mol. The van der Waals surface area contributed by atoms with Crippen molar-refractivity contribution in [1.82, 2.24) is 15.0 Å². The van der Waals surface area contributed by atoms with Crippen molar-refractivity contribution >= 4 is 47.8 Å². The zero-order valence-electron chi connectivity index (χ0n) is 30.1. The molecule has 22 nitrogen and oxygen atoms in total. The zero-order valence-corrected chi connectivity index (χ0v) is 30.1. The summed E-state index contributed by atoms with van der Waals surface area (Å²) in [6.45, 7) is 7.24. The summed E-state index contributed by atoms with van der Waals surface area (Å²) in [5.74, 6) is -6.42. The van der Waals surface area contributed by atoms with E-state index in [0.717, 1.165) is 60.1 Å². The lowest BCUT2D eigenvalue weighted by Crippen LogP contribution is -2.62. The lowest BCUT2D eigenvalue weighted by atomic mass is 9.97. The second kappa shape index (κ2) is 19.0. The maximum Gasteiger partial charge on any atom is 0.303 e. The highest BCUT2D eigenvalue weighted by atomic mass is 16.7. The van der Waals surface area contributed by atoms with E-state index < -0.39 is 129 Å². The number of aromatic nitrogens is 3.